The molecule has 1 atom stereocenters. The SMILES string of the molecule is Cc1nn2c(=O)c(C(=O)NC3CC3)c(O)n(CC(C)C)c2c1/C=C/C(=O)N1CCOC[C@H]1C. The van der Waals surface area contributed by atoms with Gasteiger partial charge in [0, 0.05) is 30.8 Å². The van der Waals surface area contributed by atoms with Crippen molar-refractivity contribution in [1.82, 2.24) is 24.4 Å². The van der Waals surface area contributed by atoms with Crippen molar-refractivity contribution in [2.75, 3.05) is 19.8 Å². The molecule has 178 valence electrons. The van der Waals surface area contributed by atoms with Crippen molar-refractivity contribution in [3.63, 3.8) is 0 Å². The fourth-order valence-electron chi connectivity index (χ4n) is 4.09. The average molecular weight is 458 g/mol. The molecular formula is C23H31N5O5. The van der Waals surface area contributed by atoms with Crippen LogP contribution in [0.4, 0.5) is 0 Å². The summed E-state index contributed by atoms with van der Waals surface area (Å²) in [6, 6.07) is 0.00796. The number of hydrogen-bond acceptors (Lipinski definition) is 6. The van der Waals surface area contributed by atoms with Crippen LogP contribution in [-0.2, 0) is 16.1 Å². The summed E-state index contributed by atoms with van der Waals surface area (Å²) in [5.41, 5.74) is 0.419. The van der Waals surface area contributed by atoms with Crippen LogP contribution in [0.25, 0.3) is 11.7 Å². The second kappa shape index (κ2) is 9.01. The first kappa shape index (κ1) is 23.0. The number of aromatic hydroxyl groups is 1. The number of ether oxygens (including phenoxy) is 1. The molecule has 1 saturated carbocycles. The van der Waals surface area contributed by atoms with Gasteiger partial charge in [-0.15, -0.1) is 0 Å². The van der Waals surface area contributed by atoms with E-state index >= 15 is 0 Å². The summed E-state index contributed by atoms with van der Waals surface area (Å²) in [6.07, 6.45) is 4.81. The monoisotopic (exact) mass is 457 g/mol. The number of morpholine rings is 1. The van der Waals surface area contributed by atoms with Crippen LogP contribution < -0.4 is 10.9 Å². The lowest BCUT2D eigenvalue weighted by atomic mass is 10.1. The third-order valence-corrected chi connectivity index (χ3v) is 5.95. The van der Waals surface area contributed by atoms with Crippen LogP contribution >= 0.6 is 0 Å². The fourth-order valence-corrected chi connectivity index (χ4v) is 4.09. The number of carbonyl (C=O) groups is 2. The van der Waals surface area contributed by atoms with Crippen molar-refractivity contribution >= 4 is 23.5 Å². The summed E-state index contributed by atoms with van der Waals surface area (Å²) < 4.78 is 8.09. The molecule has 3 heterocycles. The lowest BCUT2D eigenvalue weighted by molar-refractivity contribution is -0.133. The summed E-state index contributed by atoms with van der Waals surface area (Å²) >= 11 is 0. The van der Waals surface area contributed by atoms with Gasteiger partial charge in [0.2, 0.25) is 11.8 Å². The Balaban J connectivity index is 1.80. The molecule has 2 amide bonds. The zero-order valence-electron chi connectivity index (χ0n) is 19.5. The Bertz CT molecular complexity index is 1170. The van der Waals surface area contributed by atoms with Gasteiger partial charge < -0.3 is 20.1 Å². The predicted octanol–water partition coefficient (Wildman–Crippen LogP) is 1.32. The molecule has 2 N–H and O–H groups in total. The standard InChI is InChI=1S/C23H31N5O5/c1-13(2)11-27-21-17(7-8-18(29)26-9-10-33-12-14(26)3)15(4)25-28(21)23(32)19(22(27)31)20(30)24-16-5-6-16/h7-8,13-14,16,31H,5-6,9-12H2,1-4H3,(H,24,30)/b8-7+/t14-/m1/s1. The average Bonchev–Trinajstić information content (AvgIpc) is 3.50. The summed E-state index contributed by atoms with van der Waals surface area (Å²) in [5.74, 6) is -1.03. The molecule has 10 nitrogen and oxygen atoms in total. The van der Waals surface area contributed by atoms with E-state index in [9.17, 15) is 19.5 Å². The van der Waals surface area contributed by atoms with Gasteiger partial charge in [-0.1, -0.05) is 13.8 Å². The Morgan fingerprint density at radius 2 is 2.06 bits per heavy atom. The van der Waals surface area contributed by atoms with E-state index in [2.05, 4.69) is 10.4 Å². The molecule has 0 spiro atoms. The van der Waals surface area contributed by atoms with Gasteiger partial charge >= 0.3 is 0 Å². The molecule has 0 radical (unpaired) electrons. The van der Waals surface area contributed by atoms with Crippen LogP contribution in [0.2, 0.25) is 0 Å². The minimum Gasteiger partial charge on any atom is -0.494 e. The maximum atomic E-state index is 13.2. The van der Waals surface area contributed by atoms with Gasteiger partial charge in [0.1, 0.15) is 5.65 Å². The van der Waals surface area contributed by atoms with Crippen molar-refractivity contribution in [2.45, 2.75) is 59.2 Å². The van der Waals surface area contributed by atoms with E-state index in [-0.39, 0.29) is 35.4 Å². The van der Waals surface area contributed by atoms with Crippen molar-refractivity contribution in [2.24, 2.45) is 5.92 Å². The van der Waals surface area contributed by atoms with Gasteiger partial charge in [-0.3, -0.25) is 19.0 Å². The van der Waals surface area contributed by atoms with Crippen LogP contribution in [-0.4, -0.2) is 67.8 Å². The fraction of sp³-hybridized carbons (Fsp3) is 0.565. The van der Waals surface area contributed by atoms with Crippen LogP contribution in [0, 0.1) is 12.8 Å². The second-order valence-electron chi connectivity index (χ2n) is 9.28. The number of hydrogen-bond donors (Lipinski definition) is 2. The number of nitrogens with zero attached hydrogens (tertiary/aromatic N) is 4. The quantitative estimate of drug-likeness (QED) is 0.632. The van der Waals surface area contributed by atoms with Gasteiger partial charge in [-0.25, -0.2) is 0 Å². The first-order chi connectivity index (χ1) is 15.7. The Morgan fingerprint density at radius 1 is 1.33 bits per heavy atom. The second-order valence-corrected chi connectivity index (χ2v) is 9.28. The number of fused-ring (bicyclic) bond motifs is 1. The molecule has 1 saturated heterocycles. The molecule has 2 aliphatic rings. The van der Waals surface area contributed by atoms with Crippen molar-refractivity contribution in [3.05, 3.63) is 33.3 Å². The number of aromatic nitrogens is 3. The van der Waals surface area contributed by atoms with Crippen LogP contribution in [0.3, 0.4) is 0 Å². The highest BCUT2D eigenvalue weighted by Gasteiger charge is 2.30. The number of nitrogens with one attached hydrogen (secondary N) is 1. The van der Waals surface area contributed by atoms with Crippen LogP contribution in [0.15, 0.2) is 10.9 Å². The Morgan fingerprint density at radius 3 is 2.70 bits per heavy atom. The van der Waals surface area contributed by atoms with E-state index in [0.717, 1.165) is 17.4 Å². The molecule has 0 unspecified atom stereocenters. The first-order valence-electron chi connectivity index (χ1n) is 11.4. The van der Waals surface area contributed by atoms with E-state index < -0.39 is 11.5 Å². The van der Waals surface area contributed by atoms with Gasteiger partial charge in [0.15, 0.2) is 5.56 Å². The van der Waals surface area contributed by atoms with E-state index in [1.54, 1.807) is 17.9 Å². The summed E-state index contributed by atoms with van der Waals surface area (Å²) in [7, 11) is 0. The minimum absolute atomic E-state index is 0.0309. The summed E-state index contributed by atoms with van der Waals surface area (Å²) in [4.78, 5) is 40.4. The molecule has 1 aliphatic carbocycles. The molecule has 0 bridgehead atoms. The van der Waals surface area contributed by atoms with E-state index in [1.807, 2.05) is 20.8 Å². The van der Waals surface area contributed by atoms with Crippen LogP contribution in [0.5, 0.6) is 5.88 Å². The number of carbonyl (C=O) groups excluding carboxylic acids is 2. The molecule has 1 aliphatic heterocycles. The predicted molar refractivity (Wildman–Crippen MR) is 122 cm³/mol. The molecule has 0 aromatic carbocycles. The Hall–Kier alpha value is -3.14. The zero-order chi connectivity index (χ0) is 23.9. The highest BCUT2D eigenvalue weighted by molar-refractivity contribution is 5.97. The minimum atomic E-state index is -0.684. The number of rotatable bonds is 6. The van der Waals surface area contributed by atoms with Gasteiger partial charge in [-0.2, -0.15) is 9.61 Å². The van der Waals surface area contributed by atoms with Gasteiger partial charge in [0.05, 0.1) is 24.9 Å². The smallest absolute Gasteiger partial charge is 0.291 e. The van der Waals surface area contributed by atoms with Crippen molar-refractivity contribution < 1.29 is 19.4 Å². The third-order valence-electron chi connectivity index (χ3n) is 5.95. The van der Waals surface area contributed by atoms with Gasteiger partial charge in [-0.05, 0) is 38.7 Å². The topological polar surface area (TPSA) is 118 Å². The van der Waals surface area contributed by atoms with E-state index in [4.69, 9.17) is 4.74 Å². The number of aryl methyl sites for hydroxylation is 1. The van der Waals surface area contributed by atoms with Crippen LogP contribution in [0.1, 0.15) is 55.2 Å². The van der Waals surface area contributed by atoms with E-state index in [0.29, 0.717) is 43.2 Å². The molecule has 2 aromatic heterocycles. The van der Waals surface area contributed by atoms with Crippen molar-refractivity contribution in [3.8, 4) is 5.88 Å². The molecule has 2 aromatic rings. The first-order valence-corrected chi connectivity index (χ1v) is 11.4. The highest BCUT2D eigenvalue weighted by atomic mass is 16.5. The summed E-state index contributed by atoms with van der Waals surface area (Å²) in [6.45, 7) is 9.46. The molecule has 2 fully saturated rings. The third kappa shape index (κ3) is 4.52. The lowest BCUT2D eigenvalue weighted by Crippen LogP contribution is -2.46. The number of amides is 2. The molecule has 4 rings (SSSR count). The normalized spacial score (nSPS) is 19.1. The maximum Gasteiger partial charge on any atom is 0.291 e. The maximum absolute atomic E-state index is 13.2. The molecule has 33 heavy (non-hydrogen) atoms. The zero-order valence-corrected chi connectivity index (χ0v) is 19.5. The van der Waals surface area contributed by atoms with Crippen molar-refractivity contribution in [1.29, 1.82) is 0 Å². The lowest BCUT2D eigenvalue weighted by Gasteiger charge is -2.32. The largest absolute Gasteiger partial charge is 0.494 e. The molecular weight excluding hydrogens is 426 g/mol. The summed E-state index contributed by atoms with van der Waals surface area (Å²) in [5, 5.41) is 18.2. The molecule has 10 heteroatoms. The van der Waals surface area contributed by atoms with E-state index in [1.165, 1.54) is 10.6 Å². The Kier molecular flexibility index (Phi) is 6.29. The Labute approximate surface area is 191 Å². The highest BCUT2D eigenvalue weighted by Crippen LogP contribution is 2.26. The van der Waals surface area contributed by atoms with Gasteiger partial charge in [0.25, 0.3) is 11.5 Å².